The molecule has 0 heterocycles. The zero-order valence-corrected chi connectivity index (χ0v) is 57.3. The van der Waals surface area contributed by atoms with E-state index in [1.54, 1.807) is 0 Å². The maximum atomic E-state index is 11.5. The normalized spacial score (nSPS) is 11.4. The quantitative estimate of drug-likeness (QED) is 0.0409. The lowest BCUT2D eigenvalue weighted by Gasteiger charge is -2.21. The lowest BCUT2D eigenvalue weighted by atomic mass is 9.91. The van der Waals surface area contributed by atoms with E-state index in [0.29, 0.717) is 39.0 Å². The molecule has 0 aromatic carbocycles. The second-order valence-corrected chi connectivity index (χ2v) is 25.1. The average Bonchev–Trinajstić information content (AvgIpc) is 3.39. The van der Waals surface area contributed by atoms with Crippen molar-refractivity contribution in [1.29, 1.82) is 0 Å². The molecule has 0 saturated heterocycles. The van der Waals surface area contributed by atoms with Crippen LogP contribution < -0.4 is 0 Å². The van der Waals surface area contributed by atoms with Crippen molar-refractivity contribution in [3.8, 4) is 0 Å². The van der Waals surface area contributed by atoms with Gasteiger partial charge in [0.15, 0.2) is 0 Å². The summed E-state index contributed by atoms with van der Waals surface area (Å²) < 4.78 is 34.9. The highest BCUT2D eigenvalue weighted by atomic mass is 16.6. The van der Waals surface area contributed by atoms with Gasteiger partial charge in [-0.1, -0.05) is 109 Å². The molecule has 0 aromatic rings. The third kappa shape index (κ3) is 48.7. The first kappa shape index (κ1) is 89.1. The van der Waals surface area contributed by atoms with Gasteiger partial charge in [0, 0.05) is 0 Å². The van der Waals surface area contributed by atoms with Crippen molar-refractivity contribution in [2.45, 2.75) is 297 Å². The van der Waals surface area contributed by atoms with Gasteiger partial charge in [-0.05, 0) is 188 Å². The topological polar surface area (TPSA) is 184 Å². The Morgan fingerprint density at radius 3 is 0.848 bits per heavy atom. The monoisotopic (exact) mass is 1130 g/mol. The van der Waals surface area contributed by atoms with E-state index in [1.807, 2.05) is 187 Å². The maximum absolute atomic E-state index is 11.5. The predicted octanol–water partition coefficient (Wildman–Crippen LogP) is 17.3. The molecule has 0 radical (unpaired) electrons. The zero-order valence-electron chi connectivity index (χ0n) is 57.3. The van der Waals surface area contributed by atoms with Crippen LogP contribution in [-0.4, -0.2) is 88.0 Å². The summed E-state index contributed by atoms with van der Waals surface area (Å²) in [6.07, 6.45) is 13.3. The van der Waals surface area contributed by atoms with Crippen LogP contribution in [0.25, 0.3) is 0 Å². The third-order valence-electron chi connectivity index (χ3n) is 13.8. The van der Waals surface area contributed by atoms with Crippen LogP contribution in [0, 0.1) is 43.8 Å². The highest BCUT2D eigenvalue weighted by Crippen LogP contribution is 2.26. The molecule has 0 spiro atoms. The first-order valence-corrected chi connectivity index (χ1v) is 30.2. The highest BCUT2D eigenvalue weighted by Gasteiger charge is 2.31. The van der Waals surface area contributed by atoms with E-state index in [0.717, 1.165) is 77.0 Å². The maximum Gasteiger partial charge on any atom is 0.311 e. The molecule has 0 aliphatic carbocycles. The van der Waals surface area contributed by atoms with Crippen molar-refractivity contribution in [2.75, 3.05) is 40.1 Å². The smallest absolute Gasteiger partial charge is 0.311 e. The summed E-state index contributed by atoms with van der Waals surface area (Å²) in [6.45, 7) is 59.2. The van der Waals surface area contributed by atoms with Crippen molar-refractivity contribution in [1.82, 2.24) is 0 Å². The van der Waals surface area contributed by atoms with Crippen molar-refractivity contribution in [3.05, 3.63) is 0 Å². The SMILES string of the molecule is CCC(C)(C)C(=O)OC.CCC(C)(C)C(=O)OC(C)C.CCC(C)(C)C(=O)OCC(C)C.CCCCCCOC(=O)C(C)(C)CC.CCCCOC(=O)C(C)(C)CC.CCCOC(=O)C(C)(C)CC.CCOC(=O)C(C)(C)CC. The molecule has 474 valence electrons. The van der Waals surface area contributed by atoms with Crippen molar-refractivity contribution in [2.24, 2.45) is 43.8 Å². The van der Waals surface area contributed by atoms with E-state index in [1.165, 1.54) is 20.0 Å². The molecule has 0 fully saturated rings. The number of rotatable bonds is 28. The fraction of sp³-hybridized carbons (Fsp3) is 0.892. The summed E-state index contributed by atoms with van der Waals surface area (Å²) in [6, 6.07) is 0. The van der Waals surface area contributed by atoms with Gasteiger partial charge in [-0.2, -0.15) is 0 Å². The van der Waals surface area contributed by atoms with Crippen molar-refractivity contribution in [3.63, 3.8) is 0 Å². The number of methoxy groups -OCH3 is 1. The molecule has 14 heteroatoms. The summed E-state index contributed by atoms with van der Waals surface area (Å²) in [7, 11) is 1.42. The van der Waals surface area contributed by atoms with Gasteiger partial charge >= 0.3 is 41.8 Å². The largest absolute Gasteiger partial charge is 0.469 e. The first-order chi connectivity index (χ1) is 36.0. The van der Waals surface area contributed by atoms with Gasteiger partial charge in [0.1, 0.15) is 0 Å². The molecule has 79 heavy (non-hydrogen) atoms. The predicted molar refractivity (Wildman–Crippen MR) is 326 cm³/mol. The number of carbonyl (C=O) groups excluding carboxylic acids is 7. The Morgan fingerprint density at radius 2 is 0.595 bits per heavy atom. The van der Waals surface area contributed by atoms with E-state index in [2.05, 4.69) is 18.6 Å². The van der Waals surface area contributed by atoms with Crippen LogP contribution in [0.3, 0.4) is 0 Å². The second kappa shape index (κ2) is 47.9. The van der Waals surface area contributed by atoms with Gasteiger partial charge < -0.3 is 33.2 Å². The van der Waals surface area contributed by atoms with E-state index in [-0.39, 0.29) is 85.8 Å². The Hall–Kier alpha value is -3.71. The Balaban J connectivity index is -0.000000154. The van der Waals surface area contributed by atoms with Gasteiger partial charge in [0.25, 0.3) is 0 Å². The number of hydrogen-bond donors (Lipinski definition) is 0. The number of carbonyl (C=O) groups is 7. The Kier molecular flexibility index (Phi) is 54.0. The summed E-state index contributed by atoms with van der Waals surface area (Å²) in [5, 5.41) is 0. The van der Waals surface area contributed by atoms with Crippen LogP contribution in [0.15, 0.2) is 0 Å². The zero-order chi connectivity index (χ0) is 64.1. The Bertz CT molecular complexity index is 1580. The van der Waals surface area contributed by atoms with Gasteiger partial charge in [-0.15, -0.1) is 0 Å². The highest BCUT2D eigenvalue weighted by molar-refractivity contribution is 5.78. The van der Waals surface area contributed by atoms with Crippen LogP contribution in [0.5, 0.6) is 0 Å². The molecule has 14 nitrogen and oxygen atoms in total. The molecular weight excluding hydrogens is 1000 g/mol. The van der Waals surface area contributed by atoms with Crippen LogP contribution in [0.4, 0.5) is 0 Å². The average molecular weight is 1140 g/mol. The first-order valence-electron chi connectivity index (χ1n) is 30.2. The fourth-order valence-electron chi connectivity index (χ4n) is 4.21. The Morgan fingerprint density at radius 1 is 0.316 bits per heavy atom. The third-order valence-corrected chi connectivity index (χ3v) is 13.8. The van der Waals surface area contributed by atoms with Crippen LogP contribution in [-0.2, 0) is 66.7 Å². The van der Waals surface area contributed by atoms with Crippen LogP contribution in [0.1, 0.15) is 291 Å². The van der Waals surface area contributed by atoms with Gasteiger partial charge in [0.05, 0.1) is 84.2 Å². The fourth-order valence-corrected chi connectivity index (χ4v) is 4.21. The lowest BCUT2D eigenvalue weighted by molar-refractivity contribution is -0.158. The number of unbranched alkanes of at least 4 members (excludes halogenated alkanes) is 4. The van der Waals surface area contributed by atoms with Gasteiger partial charge in [-0.3, -0.25) is 33.6 Å². The molecule has 0 bridgehead atoms. The number of hydrogen-bond acceptors (Lipinski definition) is 14. The number of ether oxygens (including phenoxy) is 7. The standard InChI is InChI=1S/C12H24O2.2C10H20O2.2C9H18O2.C8H16O2.C7H14O2/c1-5-7-8-9-10-14-11(13)12(3,4)6-2;1-6-10(4,5)9(11)12-7-8(2)3;1-5-7-8-12-9(11)10(3,4)6-2;1-6-9(4,5)8(10)11-7(2)3;1-5-7-11-8(10)9(3,4)6-2;1-5-8(3,4)7(9)10-6-2;1-5-7(2,3)6(8)9-4/h5-10H2,1-4H3;8H,6-7H2,1-5H3;5-8H2,1-4H3;7H,6H2,1-5H3;5-7H2,1-4H3;5-6H2,1-4H3;5H2,1-4H3. The van der Waals surface area contributed by atoms with E-state index >= 15 is 0 Å². The summed E-state index contributed by atoms with van der Waals surface area (Å²) in [5.74, 6) is -0.213. The van der Waals surface area contributed by atoms with Gasteiger partial charge in [0.2, 0.25) is 0 Å². The summed E-state index contributed by atoms with van der Waals surface area (Å²) in [5.41, 5.74) is -2.21. The molecular formula is C65H130O14. The molecule has 0 rings (SSSR count). The molecule has 0 N–H and O–H groups in total. The summed E-state index contributed by atoms with van der Waals surface area (Å²) >= 11 is 0. The lowest BCUT2D eigenvalue weighted by Crippen LogP contribution is -2.28. The molecule has 0 aliphatic rings. The van der Waals surface area contributed by atoms with Crippen molar-refractivity contribution < 1.29 is 66.7 Å². The summed E-state index contributed by atoms with van der Waals surface area (Å²) in [4.78, 5) is 78.7. The minimum Gasteiger partial charge on any atom is -0.469 e. The van der Waals surface area contributed by atoms with Gasteiger partial charge in [-0.25, -0.2) is 0 Å². The minimum absolute atomic E-state index is 0.00618. The molecule has 0 unspecified atom stereocenters. The molecule has 0 saturated carbocycles. The minimum atomic E-state index is -0.329. The second-order valence-electron chi connectivity index (χ2n) is 25.1. The van der Waals surface area contributed by atoms with Crippen LogP contribution >= 0.6 is 0 Å². The van der Waals surface area contributed by atoms with E-state index in [9.17, 15) is 33.6 Å². The van der Waals surface area contributed by atoms with E-state index in [4.69, 9.17) is 28.4 Å². The van der Waals surface area contributed by atoms with Crippen LogP contribution in [0.2, 0.25) is 0 Å². The molecule has 0 atom stereocenters. The van der Waals surface area contributed by atoms with E-state index < -0.39 is 0 Å². The number of esters is 7. The molecule has 0 amide bonds. The Labute approximate surface area is 487 Å². The van der Waals surface area contributed by atoms with Crippen molar-refractivity contribution >= 4 is 41.8 Å². The molecule has 0 aromatic heterocycles. The molecule has 0 aliphatic heterocycles.